The summed E-state index contributed by atoms with van der Waals surface area (Å²) in [5, 5.41) is 53.5. The summed E-state index contributed by atoms with van der Waals surface area (Å²) in [6.07, 6.45) is 5.18. The number of ketones is 1. The molecule has 5 fully saturated rings. The van der Waals surface area contributed by atoms with Gasteiger partial charge in [0.2, 0.25) is 0 Å². The van der Waals surface area contributed by atoms with Crippen molar-refractivity contribution in [3.05, 3.63) is 0 Å². The maximum Gasteiger partial charge on any atom is 0.141 e. The highest BCUT2D eigenvalue weighted by atomic mass is 16.4. The zero-order valence-electron chi connectivity index (χ0n) is 23.3. The highest BCUT2D eigenvalue weighted by Crippen LogP contribution is 2.88. The lowest BCUT2D eigenvalue weighted by molar-refractivity contribution is -0.194. The van der Waals surface area contributed by atoms with Crippen LogP contribution in [0.4, 0.5) is 0 Å². The molecule has 12 atom stereocenters. The van der Waals surface area contributed by atoms with Crippen molar-refractivity contribution in [1.29, 1.82) is 0 Å². The van der Waals surface area contributed by atoms with E-state index in [1.165, 1.54) is 13.8 Å². The Kier molecular flexibility index (Phi) is 6.01. The topological polar surface area (TPSA) is 118 Å². The fraction of sp³-hybridized carbons (Fsp3) is 0.967. The van der Waals surface area contributed by atoms with E-state index in [1.54, 1.807) is 0 Å². The Labute approximate surface area is 216 Å². The van der Waals surface area contributed by atoms with Crippen LogP contribution in [0.25, 0.3) is 0 Å². The van der Waals surface area contributed by atoms with Crippen molar-refractivity contribution in [2.45, 2.75) is 123 Å². The van der Waals surface area contributed by atoms with E-state index in [0.717, 1.165) is 38.5 Å². The van der Waals surface area contributed by atoms with Gasteiger partial charge in [-0.3, -0.25) is 4.79 Å². The molecule has 0 aliphatic heterocycles. The lowest BCUT2D eigenvalue weighted by atomic mass is 9.41. The van der Waals surface area contributed by atoms with Crippen molar-refractivity contribution >= 4 is 5.78 Å². The van der Waals surface area contributed by atoms with Gasteiger partial charge in [0.15, 0.2) is 0 Å². The van der Waals surface area contributed by atoms with Crippen molar-refractivity contribution in [3.8, 4) is 0 Å². The monoisotopic (exact) mass is 506 g/mol. The summed E-state index contributed by atoms with van der Waals surface area (Å²) in [7, 11) is 0. The molecular formula is C30H50O6. The molecule has 0 aromatic heterocycles. The number of aliphatic hydroxyl groups excluding tert-OH is 4. The first kappa shape index (κ1) is 27.1. The van der Waals surface area contributed by atoms with E-state index < -0.39 is 29.3 Å². The second-order valence-corrected chi connectivity index (χ2v) is 15.2. The quantitative estimate of drug-likeness (QED) is 0.377. The van der Waals surface area contributed by atoms with Crippen LogP contribution in [0.1, 0.15) is 99.3 Å². The van der Waals surface area contributed by atoms with E-state index in [2.05, 4.69) is 20.8 Å². The van der Waals surface area contributed by atoms with Gasteiger partial charge in [-0.2, -0.15) is 0 Å². The molecule has 0 saturated heterocycles. The minimum Gasteiger partial charge on any atom is -0.395 e. The Bertz CT molecular complexity index is 914. The zero-order valence-corrected chi connectivity index (χ0v) is 23.3. The first-order valence-corrected chi connectivity index (χ1v) is 14.4. The largest absolute Gasteiger partial charge is 0.395 e. The van der Waals surface area contributed by atoms with Crippen LogP contribution in [0.3, 0.4) is 0 Å². The molecule has 5 aliphatic rings. The minimum atomic E-state index is -1.35. The predicted octanol–water partition coefficient (Wildman–Crippen LogP) is 3.46. The smallest absolute Gasteiger partial charge is 0.141 e. The first-order valence-electron chi connectivity index (χ1n) is 14.4. The fourth-order valence-corrected chi connectivity index (χ4v) is 11.3. The van der Waals surface area contributed by atoms with Gasteiger partial charge in [-0.1, -0.05) is 27.7 Å². The van der Waals surface area contributed by atoms with Crippen LogP contribution in [0.15, 0.2) is 0 Å². The first-order chi connectivity index (χ1) is 16.5. The Balaban J connectivity index is 1.43. The van der Waals surface area contributed by atoms with E-state index in [1.807, 2.05) is 6.92 Å². The molecule has 0 aromatic rings. The number of hydrogen-bond donors (Lipinski definition) is 5. The van der Waals surface area contributed by atoms with Crippen LogP contribution < -0.4 is 0 Å². The second-order valence-electron chi connectivity index (χ2n) is 15.2. The van der Waals surface area contributed by atoms with E-state index in [9.17, 15) is 30.3 Å². The lowest BCUT2D eigenvalue weighted by Gasteiger charge is -2.64. The molecule has 0 bridgehead atoms. The molecule has 5 N–H and O–H groups in total. The fourth-order valence-electron chi connectivity index (χ4n) is 11.3. The van der Waals surface area contributed by atoms with Gasteiger partial charge in [-0.15, -0.1) is 0 Å². The molecule has 0 radical (unpaired) electrons. The number of Topliss-reactive ketones (excluding diaryl/α,β-unsaturated/α-hetero) is 1. The van der Waals surface area contributed by atoms with Crippen molar-refractivity contribution in [1.82, 2.24) is 0 Å². The van der Waals surface area contributed by atoms with Crippen LogP contribution in [0.2, 0.25) is 0 Å². The standard InChI is InChI=1S/C30H50O6/c1-17(13-20(33)24(35)25(2,3)36)18-7-9-28(6)23-19(32)14-21-26(4,16-31)22(34)8-10-29(21)15-30(23,29)12-11-27(18,28)5/h17-21,23-24,31-33,35-36H,7-16H2,1-6H3/t17-,18-,19+,20?,21+,23+,24?,26-,27-,28+,29-,30+/m1/s1. The van der Waals surface area contributed by atoms with Gasteiger partial charge in [-0.05, 0) is 111 Å². The SMILES string of the molecule is C[C@H](CC(O)C(O)C(C)(C)O)[C@H]1CC[C@@]2(C)[C@@H]3[C@@H](O)C[C@@H]4[C@@]5(CCC(=O)[C@]4(C)CO)C[C@@]35CC[C@]12C. The van der Waals surface area contributed by atoms with E-state index >= 15 is 0 Å². The molecule has 2 unspecified atom stereocenters. The van der Waals surface area contributed by atoms with Crippen LogP contribution in [0.5, 0.6) is 0 Å². The van der Waals surface area contributed by atoms with Crippen LogP contribution in [-0.4, -0.2) is 61.8 Å². The Morgan fingerprint density at radius 1 is 1.03 bits per heavy atom. The normalized spacial score (nSPS) is 52.5. The third kappa shape index (κ3) is 3.17. The van der Waals surface area contributed by atoms with Gasteiger partial charge in [-0.25, -0.2) is 0 Å². The molecule has 5 saturated carbocycles. The highest BCUT2D eigenvalue weighted by Gasteiger charge is 2.84. The number of carbonyl (C=O) groups excluding carboxylic acids is 1. The third-order valence-corrected chi connectivity index (χ3v) is 13.4. The number of fused-ring (bicyclic) bond motifs is 2. The summed E-state index contributed by atoms with van der Waals surface area (Å²) < 4.78 is 0. The molecule has 2 spiro atoms. The summed E-state index contributed by atoms with van der Waals surface area (Å²) in [5.74, 6) is 0.982. The molecule has 206 valence electrons. The average Bonchev–Trinajstić information content (AvgIpc) is 3.36. The van der Waals surface area contributed by atoms with Gasteiger partial charge < -0.3 is 25.5 Å². The number of aliphatic hydroxyl groups is 5. The van der Waals surface area contributed by atoms with E-state index in [0.29, 0.717) is 25.2 Å². The Morgan fingerprint density at radius 3 is 2.31 bits per heavy atom. The Morgan fingerprint density at radius 2 is 1.69 bits per heavy atom. The van der Waals surface area contributed by atoms with Crippen LogP contribution >= 0.6 is 0 Å². The molecule has 5 aliphatic carbocycles. The number of carbonyl (C=O) groups is 1. The summed E-state index contributed by atoms with van der Waals surface area (Å²) in [4.78, 5) is 12.9. The van der Waals surface area contributed by atoms with Crippen molar-refractivity contribution in [2.24, 2.45) is 50.7 Å². The second kappa shape index (κ2) is 8.00. The van der Waals surface area contributed by atoms with Gasteiger partial charge in [0.1, 0.15) is 11.9 Å². The number of hydrogen-bond acceptors (Lipinski definition) is 6. The highest BCUT2D eigenvalue weighted by molar-refractivity contribution is 5.86. The van der Waals surface area contributed by atoms with Crippen molar-refractivity contribution in [3.63, 3.8) is 0 Å². The van der Waals surface area contributed by atoms with Gasteiger partial charge in [0.25, 0.3) is 0 Å². The van der Waals surface area contributed by atoms with E-state index in [4.69, 9.17) is 0 Å². The van der Waals surface area contributed by atoms with Gasteiger partial charge in [0, 0.05) is 6.42 Å². The molecule has 6 heteroatoms. The third-order valence-electron chi connectivity index (χ3n) is 13.4. The maximum atomic E-state index is 12.9. The summed E-state index contributed by atoms with van der Waals surface area (Å²) in [6.45, 7) is 11.9. The molecule has 36 heavy (non-hydrogen) atoms. The predicted molar refractivity (Wildman–Crippen MR) is 137 cm³/mol. The average molecular weight is 507 g/mol. The molecule has 6 nitrogen and oxygen atoms in total. The van der Waals surface area contributed by atoms with Crippen LogP contribution in [-0.2, 0) is 4.79 Å². The lowest BCUT2D eigenvalue weighted by Crippen LogP contribution is -2.62. The molecule has 0 aromatic carbocycles. The van der Waals surface area contributed by atoms with Gasteiger partial charge >= 0.3 is 0 Å². The van der Waals surface area contributed by atoms with E-state index in [-0.39, 0.29) is 51.8 Å². The number of rotatable bonds is 6. The Hall–Kier alpha value is -0.530. The summed E-state index contributed by atoms with van der Waals surface area (Å²) in [6, 6.07) is 0. The summed E-state index contributed by atoms with van der Waals surface area (Å²) >= 11 is 0. The van der Waals surface area contributed by atoms with Crippen molar-refractivity contribution < 1.29 is 30.3 Å². The van der Waals surface area contributed by atoms with Gasteiger partial charge in [0.05, 0.1) is 29.8 Å². The zero-order chi connectivity index (χ0) is 26.7. The molecule has 5 rings (SSSR count). The van der Waals surface area contributed by atoms with Crippen LogP contribution in [0, 0.1) is 50.7 Å². The molecule has 0 amide bonds. The summed E-state index contributed by atoms with van der Waals surface area (Å²) in [5.41, 5.74) is -1.96. The minimum absolute atomic E-state index is 0.0180. The van der Waals surface area contributed by atoms with Crippen molar-refractivity contribution in [2.75, 3.05) is 6.61 Å². The maximum absolute atomic E-state index is 12.9. The molecular weight excluding hydrogens is 456 g/mol. The molecule has 0 heterocycles.